The van der Waals surface area contributed by atoms with Crippen molar-refractivity contribution in [1.82, 2.24) is 9.62 Å². The molecule has 0 radical (unpaired) electrons. The summed E-state index contributed by atoms with van der Waals surface area (Å²) < 4.78 is 27.3. The summed E-state index contributed by atoms with van der Waals surface area (Å²) >= 11 is 6.24. The Morgan fingerprint density at radius 2 is 1.81 bits per heavy atom. The van der Waals surface area contributed by atoms with Crippen LogP contribution in [0.2, 0.25) is 5.02 Å². The average molecular weight is 413 g/mol. The van der Waals surface area contributed by atoms with E-state index >= 15 is 0 Å². The maximum atomic E-state index is 12.9. The van der Waals surface area contributed by atoms with E-state index in [1.165, 1.54) is 28.9 Å². The number of rotatable bonds is 4. The van der Waals surface area contributed by atoms with E-state index in [2.05, 4.69) is 19.2 Å². The number of carbonyl (C=O) groups is 1. The van der Waals surface area contributed by atoms with Crippen molar-refractivity contribution in [1.29, 1.82) is 0 Å². The summed E-state index contributed by atoms with van der Waals surface area (Å²) in [5.41, 5.74) is 0.236. The fourth-order valence-corrected chi connectivity index (χ4v) is 5.87. The molecule has 1 aromatic carbocycles. The first-order chi connectivity index (χ1) is 12.8. The molecule has 1 saturated carbocycles. The Balaban J connectivity index is 1.81. The molecule has 1 aromatic rings. The Hall–Kier alpha value is -1.11. The monoisotopic (exact) mass is 412 g/mol. The van der Waals surface area contributed by atoms with Crippen LogP contribution in [0.15, 0.2) is 23.1 Å². The molecular weight excluding hydrogens is 384 g/mol. The zero-order chi connectivity index (χ0) is 19.6. The third-order valence-electron chi connectivity index (χ3n) is 6.16. The molecule has 0 aromatic heterocycles. The lowest BCUT2D eigenvalue weighted by Gasteiger charge is -2.34. The molecule has 2 aliphatic rings. The Bertz CT molecular complexity index is 790. The van der Waals surface area contributed by atoms with Crippen LogP contribution >= 0.6 is 11.6 Å². The van der Waals surface area contributed by atoms with Crippen LogP contribution in [0.1, 0.15) is 62.7 Å². The van der Waals surface area contributed by atoms with Crippen molar-refractivity contribution in [3.63, 3.8) is 0 Å². The second-order valence-electron chi connectivity index (χ2n) is 7.95. The van der Waals surface area contributed by atoms with Gasteiger partial charge in [0.25, 0.3) is 5.91 Å². The lowest BCUT2D eigenvalue weighted by atomic mass is 9.78. The normalized spacial score (nSPS) is 27.3. The Kier molecular flexibility index (Phi) is 6.49. The molecular formula is C20H29ClN2O3S. The molecule has 1 aliphatic carbocycles. The fourth-order valence-electron chi connectivity index (χ4n) is 4.13. The van der Waals surface area contributed by atoms with Gasteiger partial charge < -0.3 is 5.32 Å². The van der Waals surface area contributed by atoms with Crippen molar-refractivity contribution in [3.8, 4) is 0 Å². The molecule has 3 atom stereocenters. The lowest BCUT2D eigenvalue weighted by Crippen LogP contribution is -2.43. The van der Waals surface area contributed by atoms with Crippen molar-refractivity contribution in [2.45, 2.75) is 63.3 Å². The zero-order valence-electron chi connectivity index (χ0n) is 16.1. The molecule has 0 unspecified atom stereocenters. The standard InChI is InChI=1S/C20H29ClN2O3S/c1-14-7-6-8-19(15(14)2)22-20(24)17-13-16(9-10-18(17)21)27(25,26)23-11-4-3-5-12-23/h9-10,13-15,19H,3-8,11-12H2,1-2H3,(H,22,24)/t14-,15+,19-/m1/s1. The number of benzene rings is 1. The summed E-state index contributed by atoms with van der Waals surface area (Å²) in [5.74, 6) is 0.661. The summed E-state index contributed by atoms with van der Waals surface area (Å²) in [6, 6.07) is 4.53. The van der Waals surface area contributed by atoms with Crippen LogP contribution in [0.4, 0.5) is 0 Å². The van der Waals surface area contributed by atoms with E-state index in [9.17, 15) is 13.2 Å². The van der Waals surface area contributed by atoms with E-state index in [1.54, 1.807) is 0 Å². The molecule has 27 heavy (non-hydrogen) atoms. The molecule has 0 spiro atoms. The Morgan fingerprint density at radius 1 is 1.11 bits per heavy atom. The largest absolute Gasteiger partial charge is 0.349 e. The van der Waals surface area contributed by atoms with Crippen LogP contribution in [0.25, 0.3) is 0 Å². The van der Waals surface area contributed by atoms with Gasteiger partial charge in [-0.25, -0.2) is 8.42 Å². The van der Waals surface area contributed by atoms with E-state index < -0.39 is 10.0 Å². The summed E-state index contributed by atoms with van der Waals surface area (Å²) in [6.45, 7) is 5.43. The van der Waals surface area contributed by atoms with E-state index in [4.69, 9.17) is 11.6 Å². The summed E-state index contributed by atoms with van der Waals surface area (Å²) in [5, 5.41) is 3.36. The van der Waals surface area contributed by atoms with Crippen molar-refractivity contribution in [2.24, 2.45) is 11.8 Å². The number of amides is 1. The molecule has 1 heterocycles. The first-order valence-corrected chi connectivity index (χ1v) is 11.7. The van der Waals surface area contributed by atoms with Gasteiger partial charge in [0, 0.05) is 19.1 Å². The van der Waals surface area contributed by atoms with Gasteiger partial charge in [0.05, 0.1) is 15.5 Å². The van der Waals surface area contributed by atoms with Crippen molar-refractivity contribution >= 4 is 27.5 Å². The van der Waals surface area contributed by atoms with E-state index in [0.717, 1.165) is 32.1 Å². The maximum Gasteiger partial charge on any atom is 0.253 e. The SMILES string of the molecule is C[C@H]1[C@H](C)CCC[C@H]1NC(=O)c1cc(S(=O)(=O)N2CCCCC2)ccc1Cl. The summed E-state index contributed by atoms with van der Waals surface area (Å²) in [4.78, 5) is 13.0. The van der Waals surface area contributed by atoms with Crippen molar-refractivity contribution in [3.05, 3.63) is 28.8 Å². The number of piperidine rings is 1. The topological polar surface area (TPSA) is 66.5 Å². The predicted molar refractivity (Wildman–Crippen MR) is 107 cm³/mol. The molecule has 150 valence electrons. The number of hydrogen-bond acceptors (Lipinski definition) is 3. The minimum atomic E-state index is -3.59. The second-order valence-corrected chi connectivity index (χ2v) is 10.3. The smallest absolute Gasteiger partial charge is 0.253 e. The van der Waals surface area contributed by atoms with Gasteiger partial charge in [-0.15, -0.1) is 0 Å². The third kappa shape index (κ3) is 4.49. The minimum Gasteiger partial charge on any atom is -0.349 e. The highest BCUT2D eigenvalue weighted by molar-refractivity contribution is 7.89. The average Bonchev–Trinajstić information content (AvgIpc) is 2.66. The summed E-state index contributed by atoms with van der Waals surface area (Å²) in [6.07, 6.45) is 6.01. The molecule has 1 saturated heterocycles. The zero-order valence-corrected chi connectivity index (χ0v) is 17.7. The Morgan fingerprint density at radius 3 is 2.52 bits per heavy atom. The van der Waals surface area contributed by atoms with Gasteiger partial charge in [-0.1, -0.05) is 44.7 Å². The van der Waals surface area contributed by atoms with Gasteiger partial charge in [-0.05, 0) is 49.3 Å². The van der Waals surface area contributed by atoms with Gasteiger partial charge in [-0.3, -0.25) is 4.79 Å². The molecule has 2 fully saturated rings. The second kappa shape index (κ2) is 8.50. The fraction of sp³-hybridized carbons (Fsp3) is 0.650. The number of carbonyl (C=O) groups excluding carboxylic acids is 1. The van der Waals surface area contributed by atoms with Gasteiger partial charge in [0.2, 0.25) is 10.0 Å². The lowest BCUT2D eigenvalue weighted by molar-refractivity contribution is 0.0891. The van der Waals surface area contributed by atoms with Crippen LogP contribution in [-0.2, 0) is 10.0 Å². The van der Waals surface area contributed by atoms with Crippen molar-refractivity contribution in [2.75, 3.05) is 13.1 Å². The molecule has 5 nitrogen and oxygen atoms in total. The number of halogens is 1. The maximum absolute atomic E-state index is 12.9. The highest BCUT2D eigenvalue weighted by Gasteiger charge is 2.30. The van der Waals surface area contributed by atoms with Crippen LogP contribution in [0.3, 0.4) is 0 Å². The molecule has 1 amide bonds. The first-order valence-electron chi connectivity index (χ1n) is 9.91. The highest BCUT2D eigenvalue weighted by atomic mass is 35.5. The van der Waals surface area contributed by atoms with Crippen LogP contribution in [-0.4, -0.2) is 37.8 Å². The van der Waals surface area contributed by atoms with Gasteiger partial charge in [0.1, 0.15) is 0 Å². The van der Waals surface area contributed by atoms with E-state index in [0.29, 0.717) is 24.9 Å². The highest BCUT2D eigenvalue weighted by Crippen LogP contribution is 2.30. The molecule has 7 heteroatoms. The molecule has 0 bridgehead atoms. The van der Waals surface area contributed by atoms with Crippen LogP contribution in [0, 0.1) is 11.8 Å². The van der Waals surface area contributed by atoms with E-state index in [1.807, 2.05) is 0 Å². The number of nitrogens with zero attached hydrogens (tertiary/aromatic N) is 1. The van der Waals surface area contributed by atoms with Crippen molar-refractivity contribution < 1.29 is 13.2 Å². The van der Waals surface area contributed by atoms with Gasteiger partial charge in [0.15, 0.2) is 0 Å². The molecule has 1 aliphatic heterocycles. The first kappa shape index (κ1) is 20.6. The molecule has 3 rings (SSSR count). The summed E-state index contributed by atoms with van der Waals surface area (Å²) in [7, 11) is -3.59. The van der Waals surface area contributed by atoms with Crippen LogP contribution in [0.5, 0.6) is 0 Å². The Labute approximate surface area is 167 Å². The number of sulfonamides is 1. The van der Waals surface area contributed by atoms with Crippen LogP contribution < -0.4 is 5.32 Å². The number of hydrogen-bond donors (Lipinski definition) is 1. The number of nitrogens with one attached hydrogen (secondary N) is 1. The quantitative estimate of drug-likeness (QED) is 0.810. The van der Waals surface area contributed by atoms with Gasteiger partial charge >= 0.3 is 0 Å². The minimum absolute atomic E-state index is 0.0969. The third-order valence-corrected chi connectivity index (χ3v) is 8.38. The van der Waals surface area contributed by atoms with E-state index in [-0.39, 0.29) is 27.4 Å². The molecule has 1 N–H and O–H groups in total. The van der Waals surface area contributed by atoms with Gasteiger partial charge in [-0.2, -0.15) is 4.31 Å². The predicted octanol–water partition coefficient (Wildman–Crippen LogP) is 4.07.